The van der Waals surface area contributed by atoms with Crippen LogP contribution in [-0.4, -0.2) is 61.2 Å². The fraction of sp³-hybridized carbons (Fsp3) is 0.562. The Kier molecular flexibility index (Phi) is 4.41. The van der Waals surface area contributed by atoms with Crippen molar-refractivity contribution in [1.82, 2.24) is 15.1 Å². The Balaban J connectivity index is 1.58. The molecule has 0 radical (unpaired) electrons. The molecule has 0 aliphatic carbocycles. The van der Waals surface area contributed by atoms with E-state index in [0.717, 1.165) is 38.2 Å². The summed E-state index contributed by atoms with van der Waals surface area (Å²) < 4.78 is 5.46. The van der Waals surface area contributed by atoms with Gasteiger partial charge in [0, 0.05) is 31.7 Å². The predicted octanol–water partition coefficient (Wildman–Crippen LogP) is 1.30. The molecule has 114 valence electrons. The van der Waals surface area contributed by atoms with Gasteiger partial charge in [-0.3, -0.25) is 4.90 Å². The van der Waals surface area contributed by atoms with Crippen LogP contribution in [0.5, 0.6) is 0 Å². The van der Waals surface area contributed by atoms with Crippen LogP contribution in [0.2, 0.25) is 0 Å². The third-order valence-corrected chi connectivity index (χ3v) is 4.51. The molecule has 2 fully saturated rings. The van der Waals surface area contributed by atoms with E-state index in [1.165, 1.54) is 0 Å². The van der Waals surface area contributed by atoms with Crippen LogP contribution in [0.25, 0.3) is 0 Å². The highest BCUT2D eigenvalue weighted by Crippen LogP contribution is 2.19. The first-order chi connectivity index (χ1) is 10.2. The summed E-state index contributed by atoms with van der Waals surface area (Å²) >= 11 is 0. The van der Waals surface area contributed by atoms with Crippen molar-refractivity contribution in [2.24, 2.45) is 0 Å². The van der Waals surface area contributed by atoms with Gasteiger partial charge in [-0.25, -0.2) is 4.79 Å². The number of amides is 1. The van der Waals surface area contributed by atoms with Crippen molar-refractivity contribution < 1.29 is 9.53 Å². The van der Waals surface area contributed by atoms with Crippen LogP contribution in [0.1, 0.15) is 12.0 Å². The number of likely N-dealkylation sites (N-methyl/N-ethyl adjacent to an activating group) is 1. The van der Waals surface area contributed by atoms with Crippen molar-refractivity contribution in [3.8, 4) is 0 Å². The van der Waals surface area contributed by atoms with Crippen molar-refractivity contribution in [3.05, 3.63) is 35.9 Å². The van der Waals surface area contributed by atoms with Gasteiger partial charge in [0.15, 0.2) is 0 Å². The lowest BCUT2D eigenvalue weighted by Crippen LogP contribution is -2.59. The zero-order chi connectivity index (χ0) is 14.7. The van der Waals surface area contributed by atoms with Crippen LogP contribution >= 0.6 is 0 Å². The number of rotatable bonds is 2. The quantitative estimate of drug-likeness (QED) is 0.891. The van der Waals surface area contributed by atoms with Crippen LogP contribution in [0.4, 0.5) is 4.79 Å². The van der Waals surface area contributed by atoms with E-state index in [1.54, 1.807) is 0 Å². The Bertz CT molecular complexity index is 464. The number of nitrogens with zero attached hydrogens (tertiary/aromatic N) is 2. The Hall–Kier alpha value is -1.59. The molecule has 2 bridgehead atoms. The molecule has 2 aliphatic rings. The summed E-state index contributed by atoms with van der Waals surface area (Å²) in [7, 11) is 2.16. The molecule has 0 spiro atoms. The summed E-state index contributed by atoms with van der Waals surface area (Å²) in [5, 5.41) is 3.45. The van der Waals surface area contributed by atoms with Crippen molar-refractivity contribution >= 4 is 6.09 Å². The maximum Gasteiger partial charge on any atom is 0.410 e. The molecule has 0 saturated carbocycles. The minimum Gasteiger partial charge on any atom is -0.445 e. The third kappa shape index (κ3) is 3.36. The summed E-state index contributed by atoms with van der Waals surface area (Å²) in [6, 6.07) is 10.6. The van der Waals surface area contributed by atoms with Crippen molar-refractivity contribution in [2.75, 3.05) is 33.2 Å². The van der Waals surface area contributed by atoms with Crippen molar-refractivity contribution in [2.45, 2.75) is 25.1 Å². The van der Waals surface area contributed by atoms with Crippen molar-refractivity contribution in [3.63, 3.8) is 0 Å². The van der Waals surface area contributed by atoms with Gasteiger partial charge in [-0.05, 0) is 25.6 Å². The van der Waals surface area contributed by atoms with Crippen LogP contribution < -0.4 is 5.32 Å². The van der Waals surface area contributed by atoms with Gasteiger partial charge in [-0.1, -0.05) is 30.3 Å². The van der Waals surface area contributed by atoms with Gasteiger partial charge >= 0.3 is 6.09 Å². The minimum atomic E-state index is -0.191. The summed E-state index contributed by atoms with van der Waals surface area (Å²) in [6.45, 7) is 3.82. The second-order valence-electron chi connectivity index (χ2n) is 5.91. The summed E-state index contributed by atoms with van der Waals surface area (Å²) in [4.78, 5) is 16.6. The lowest BCUT2D eigenvalue weighted by atomic mass is 10.1. The number of hydrogen-bond acceptors (Lipinski definition) is 4. The molecule has 2 saturated heterocycles. The van der Waals surface area contributed by atoms with Gasteiger partial charge in [0.05, 0.1) is 0 Å². The molecule has 21 heavy (non-hydrogen) atoms. The predicted molar refractivity (Wildman–Crippen MR) is 81.0 cm³/mol. The molecule has 2 aliphatic heterocycles. The number of fused-ring (bicyclic) bond motifs is 2. The van der Waals surface area contributed by atoms with E-state index in [9.17, 15) is 4.79 Å². The second kappa shape index (κ2) is 6.45. The first-order valence-corrected chi connectivity index (χ1v) is 7.62. The largest absolute Gasteiger partial charge is 0.445 e. The highest BCUT2D eigenvalue weighted by atomic mass is 16.6. The SMILES string of the molecule is CN1C2CCNCC1CN(C(=O)OCc1ccccc1)C2. The molecule has 0 aromatic heterocycles. The highest BCUT2D eigenvalue weighted by Gasteiger charge is 2.35. The molecule has 2 unspecified atom stereocenters. The molecule has 1 aromatic carbocycles. The van der Waals surface area contributed by atoms with E-state index in [4.69, 9.17) is 4.74 Å². The Morgan fingerprint density at radius 1 is 1.29 bits per heavy atom. The number of benzene rings is 1. The number of ether oxygens (including phenoxy) is 1. The molecular formula is C16H23N3O2. The monoisotopic (exact) mass is 289 g/mol. The summed E-state index contributed by atoms with van der Waals surface area (Å²) in [5.74, 6) is 0. The Morgan fingerprint density at radius 2 is 2.05 bits per heavy atom. The van der Waals surface area contributed by atoms with Gasteiger partial charge in [0.1, 0.15) is 6.61 Å². The molecule has 1 N–H and O–H groups in total. The zero-order valence-electron chi connectivity index (χ0n) is 12.5. The molecular weight excluding hydrogens is 266 g/mol. The molecule has 5 nitrogen and oxygen atoms in total. The second-order valence-corrected chi connectivity index (χ2v) is 5.91. The molecule has 1 aromatic rings. The fourth-order valence-electron chi connectivity index (χ4n) is 3.14. The third-order valence-electron chi connectivity index (χ3n) is 4.51. The highest BCUT2D eigenvalue weighted by molar-refractivity contribution is 5.68. The van der Waals surface area contributed by atoms with Crippen LogP contribution in [0.15, 0.2) is 30.3 Å². The summed E-state index contributed by atoms with van der Waals surface area (Å²) in [6.07, 6.45) is 0.888. The first-order valence-electron chi connectivity index (χ1n) is 7.62. The number of carbonyl (C=O) groups excluding carboxylic acids is 1. The molecule has 3 rings (SSSR count). The van der Waals surface area contributed by atoms with E-state index in [2.05, 4.69) is 17.3 Å². The number of piperazine rings is 1. The van der Waals surface area contributed by atoms with E-state index in [0.29, 0.717) is 18.7 Å². The average molecular weight is 289 g/mol. The van der Waals surface area contributed by atoms with Gasteiger partial charge in [0.2, 0.25) is 0 Å². The lowest BCUT2D eigenvalue weighted by molar-refractivity contribution is 0.0333. The number of carbonyl (C=O) groups is 1. The van der Waals surface area contributed by atoms with Crippen LogP contribution in [0.3, 0.4) is 0 Å². The maximum absolute atomic E-state index is 12.3. The fourth-order valence-corrected chi connectivity index (χ4v) is 3.14. The van der Waals surface area contributed by atoms with Gasteiger partial charge in [-0.15, -0.1) is 0 Å². The van der Waals surface area contributed by atoms with Gasteiger partial charge < -0.3 is 15.0 Å². The van der Waals surface area contributed by atoms with Gasteiger partial charge in [-0.2, -0.15) is 0 Å². The average Bonchev–Trinajstić information content (AvgIpc) is 2.63. The minimum absolute atomic E-state index is 0.191. The maximum atomic E-state index is 12.3. The molecule has 5 heteroatoms. The Labute approximate surface area is 125 Å². The lowest BCUT2D eigenvalue weighted by Gasteiger charge is -2.42. The molecule has 2 heterocycles. The van der Waals surface area contributed by atoms with E-state index in [-0.39, 0.29) is 6.09 Å². The van der Waals surface area contributed by atoms with Crippen LogP contribution in [0, 0.1) is 0 Å². The normalized spacial score (nSPS) is 26.2. The van der Waals surface area contributed by atoms with E-state index >= 15 is 0 Å². The van der Waals surface area contributed by atoms with Gasteiger partial charge in [0.25, 0.3) is 0 Å². The molecule has 2 atom stereocenters. The number of hydrogen-bond donors (Lipinski definition) is 1. The standard InChI is InChI=1S/C16H23N3O2/c1-18-14-7-8-17-9-15(18)11-19(10-14)16(20)21-12-13-5-3-2-4-6-13/h2-6,14-15,17H,7-12H2,1H3. The molecule has 1 amide bonds. The summed E-state index contributed by atoms with van der Waals surface area (Å²) in [5.41, 5.74) is 1.03. The first kappa shape index (κ1) is 14.4. The zero-order valence-corrected chi connectivity index (χ0v) is 12.5. The Morgan fingerprint density at radius 3 is 2.86 bits per heavy atom. The topological polar surface area (TPSA) is 44.8 Å². The van der Waals surface area contributed by atoms with Crippen LogP contribution in [-0.2, 0) is 11.3 Å². The number of nitrogens with one attached hydrogen (secondary N) is 1. The van der Waals surface area contributed by atoms with Crippen molar-refractivity contribution in [1.29, 1.82) is 0 Å². The van der Waals surface area contributed by atoms with E-state index in [1.807, 2.05) is 35.2 Å². The smallest absolute Gasteiger partial charge is 0.410 e. The van der Waals surface area contributed by atoms with E-state index < -0.39 is 0 Å².